The molecule has 1 amide bonds. The van der Waals surface area contributed by atoms with Crippen LogP contribution in [0.25, 0.3) is 11.0 Å². The number of rotatable bonds is 7. The fourth-order valence-electron chi connectivity index (χ4n) is 2.99. The number of hydrogen-bond acceptors (Lipinski definition) is 4. The van der Waals surface area contributed by atoms with Crippen LogP contribution < -0.4 is 4.90 Å². The van der Waals surface area contributed by atoms with Crippen LogP contribution in [0.15, 0.2) is 60.7 Å². The molecule has 142 valence electrons. The van der Waals surface area contributed by atoms with Crippen molar-refractivity contribution in [3.8, 4) is 0 Å². The van der Waals surface area contributed by atoms with Crippen molar-refractivity contribution in [1.82, 2.24) is 9.97 Å². The first-order valence-corrected chi connectivity index (χ1v) is 9.13. The molecule has 0 radical (unpaired) electrons. The number of carbonyl (C=O) groups excluding carboxylic acids is 1. The summed E-state index contributed by atoms with van der Waals surface area (Å²) in [6, 6.07) is 5.46. The lowest BCUT2D eigenvalue weighted by atomic mass is 10.0. The van der Waals surface area contributed by atoms with Crippen LogP contribution in [0.4, 0.5) is 5.69 Å². The SMILES string of the molecule is C=C(/C=C\C(=C/C)OCCC)[C@H]1COCC(=O)N1c1ccc2nc[nH]c2c1. The molecule has 6 heteroatoms. The number of nitrogens with one attached hydrogen (secondary N) is 1. The molecule has 1 saturated heterocycles. The zero-order chi connectivity index (χ0) is 19.2. The Kier molecular flexibility index (Phi) is 6.08. The van der Waals surface area contributed by atoms with Crippen molar-refractivity contribution in [3.05, 3.63) is 60.7 Å². The van der Waals surface area contributed by atoms with Gasteiger partial charge in [0.25, 0.3) is 5.91 Å². The largest absolute Gasteiger partial charge is 0.494 e. The molecule has 0 bridgehead atoms. The number of hydrogen-bond donors (Lipinski definition) is 1. The van der Waals surface area contributed by atoms with E-state index < -0.39 is 0 Å². The van der Waals surface area contributed by atoms with E-state index in [-0.39, 0.29) is 18.6 Å². The molecule has 3 rings (SSSR count). The van der Waals surface area contributed by atoms with E-state index in [0.29, 0.717) is 13.2 Å². The number of ether oxygens (including phenoxy) is 2. The smallest absolute Gasteiger partial charge is 0.253 e. The number of carbonyl (C=O) groups is 1. The van der Waals surface area contributed by atoms with Gasteiger partial charge in [-0.05, 0) is 49.3 Å². The van der Waals surface area contributed by atoms with Crippen molar-refractivity contribution in [2.24, 2.45) is 0 Å². The van der Waals surface area contributed by atoms with Gasteiger partial charge in [-0.1, -0.05) is 19.6 Å². The van der Waals surface area contributed by atoms with Gasteiger partial charge in [0.1, 0.15) is 12.4 Å². The first kappa shape index (κ1) is 18.9. The molecule has 1 fully saturated rings. The number of amides is 1. The normalized spacial score (nSPS) is 18.4. The summed E-state index contributed by atoms with van der Waals surface area (Å²) >= 11 is 0. The Morgan fingerprint density at radius 2 is 2.33 bits per heavy atom. The van der Waals surface area contributed by atoms with Crippen molar-refractivity contribution >= 4 is 22.6 Å². The zero-order valence-electron chi connectivity index (χ0n) is 15.8. The minimum atomic E-state index is -0.271. The van der Waals surface area contributed by atoms with E-state index in [9.17, 15) is 4.79 Å². The van der Waals surface area contributed by atoms with E-state index in [1.807, 2.05) is 43.4 Å². The van der Waals surface area contributed by atoms with Crippen LogP contribution >= 0.6 is 0 Å². The summed E-state index contributed by atoms with van der Waals surface area (Å²) in [7, 11) is 0. The second kappa shape index (κ2) is 8.68. The number of anilines is 1. The molecule has 0 saturated carbocycles. The van der Waals surface area contributed by atoms with Crippen molar-refractivity contribution in [2.75, 3.05) is 24.7 Å². The van der Waals surface area contributed by atoms with E-state index in [0.717, 1.165) is 34.5 Å². The standard InChI is InChI=1S/C21H25N3O3/c1-4-10-27-17(5-2)8-6-15(3)20-12-26-13-21(25)24(20)16-7-9-18-19(11-16)23-14-22-18/h5-9,11,14,20H,3-4,10,12-13H2,1-2H3,(H,22,23)/b8-6-,17-5+/t20-/m1/s1. The average Bonchev–Trinajstić information content (AvgIpc) is 3.15. The molecule has 1 atom stereocenters. The van der Waals surface area contributed by atoms with Crippen molar-refractivity contribution in [2.45, 2.75) is 26.3 Å². The van der Waals surface area contributed by atoms with Crippen molar-refractivity contribution in [1.29, 1.82) is 0 Å². The number of fused-ring (bicyclic) bond motifs is 1. The molecule has 1 aliphatic heterocycles. The molecule has 1 aromatic heterocycles. The third-order valence-corrected chi connectivity index (χ3v) is 4.41. The summed E-state index contributed by atoms with van der Waals surface area (Å²) in [5, 5.41) is 0. The molecule has 27 heavy (non-hydrogen) atoms. The molecule has 1 aliphatic rings. The summed E-state index contributed by atoms with van der Waals surface area (Å²) in [6.45, 7) is 9.28. The van der Waals surface area contributed by atoms with Gasteiger partial charge in [-0.25, -0.2) is 4.98 Å². The van der Waals surface area contributed by atoms with Gasteiger partial charge in [0.2, 0.25) is 0 Å². The number of imidazole rings is 1. The van der Waals surface area contributed by atoms with Gasteiger partial charge < -0.3 is 19.4 Å². The third-order valence-electron chi connectivity index (χ3n) is 4.41. The summed E-state index contributed by atoms with van der Waals surface area (Å²) in [6.07, 6.45) is 8.27. The topological polar surface area (TPSA) is 67.5 Å². The lowest BCUT2D eigenvalue weighted by Gasteiger charge is -2.36. The van der Waals surface area contributed by atoms with E-state index in [4.69, 9.17) is 9.47 Å². The number of aromatic amines is 1. The molecular weight excluding hydrogens is 342 g/mol. The van der Waals surface area contributed by atoms with Crippen LogP contribution in [-0.4, -0.2) is 41.7 Å². The van der Waals surface area contributed by atoms with Gasteiger partial charge in [0.05, 0.1) is 36.6 Å². The highest BCUT2D eigenvalue weighted by Gasteiger charge is 2.31. The first-order chi connectivity index (χ1) is 13.1. The second-order valence-corrected chi connectivity index (χ2v) is 6.35. The highest BCUT2D eigenvalue weighted by atomic mass is 16.5. The molecule has 6 nitrogen and oxygen atoms in total. The van der Waals surface area contributed by atoms with E-state index >= 15 is 0 Å². The average molecular weight is 367 g/mol. The van der Waals surface area contributed by atoms with E-state index in [2.05, 4.69) is 23.5 Å². The van der Waals surface area contributed by atoms with Gasteiger partial charge in [0.15, 0.2) is 0 Å². The van der Waals surface area contributed by atoms with Crippen LogP contribution in [0.5, 0.6) is 0 Å². The lowest BCUT2D eigenvalue weighted by molar-refractivity contribution is -0.126. The molecular formula is C21H25N3O3. The lowest BCUT2D eigenvalue weighted by Crippen LogP contribution is -2.50. The first-order valence-electron chi connectivity index (χ1n) is 9.13. The Morgan fingerprint density at radius 1 is 1.48 bits per heavy atom. The van der Waals surface area contributed by atoms with Crippen molar-refractivity contribution in [3.63, 3.8) is 0 Å². The summed E-state index contributed by atoms with van der Waals surface area (Å²) in [5.74, 6) is 0.694. The van der Waals surface area contributed by atoms with E-state index in [1.165, 1.54) is 0 Å². The third kappa shape index (κ3) is 4.28. The van der Waals surface area contributed by atoms with Gasteiger partial charge >= 0.3 is 0 Å². The number of morpholine rings is 1. The number of H-pyrrole nitrogens is 1. The summed E-state index contributed by atoms with van der Waals surface area (Å²) < 4.78 is 11.1. The minimum absolute atomic E-state index is 0.0637. The van der Waals surface area contributed by atoms with Crippen LogP contribution in [0.3, 0.4) is 0 Å². The molecule has 0 aliphatic carbocycles. The van der Waals surface area contributed by atoms with Gasteiger partial charge in [-0.15, -0.1) is 0 Å². The Morgan fingerprint density at radius 3 is 3.11 bits per heavy atom. The Labute approximate surface area is 159 Å². The fourth-order valence-corrected chi connectivity index (χ4v) is 2.99. The Balaban J connectivity index is 1.83. The maximum atomic E-state index is 12.6. The molecule has 0 spiro atoms. The second-order valence-electron chi connectivity index (χ2n) is 6.35. The maximum absolute atomic E-state index is 12.6. The molecule has 1 N–H and O–H groups in total. The van der Waals surface area contributed by atoms with Crippen LogP contribution in [-0.2, 0) is 14.3 Å². The highest BCUT2D eigenvalue weighted by Crippen LogP contribution is 2.27. The monoisotopic (exact) mass is 367 g/mol. The van der Waals surface area contributed by atoms with Gasteiger partial charge in [-0.3, -0.25) is 4.79 Å². The molecule has 2 heterocycles. The summed E-state index contributed by atoms with van der Waals surface area (Å²) in [5.41, 5.74) is 3.33. The quantitative estimate of drug-likeness (QED) is 0.598. The number of allylic oxidation sites excluding steroid dienone is 2. The van der Waals surface area contributed by atoms with Crippen molar-refractivity contribution < 1.29 is 14.3 Å². The maximum Gasteiger partial charge on any atom is 0.253 e. The van der Waals surface area contributed by atoms with Crippen LogP contribution in [0.1, 0.15) is 20.3 Å². The minimum Gasteiger partial charge on any atom is -0.494 e. The van der Waals surface area contributed by atoms with Gasteiger partial charge in [0, 0.05) is 5.69 Å². The van der Waals surface area contributed by atoms with Crippen LogP contribution in [0.2, 0.25) is 0 Å². The number of aromatic nitrogens is 2. The summed E-state index contributed by atoms with van der Waals surface area (Å²) in [4.78, 5) is 21.7. The number of benzene rings is 1. The molecule has 2 aromatic rings. The Hall–Kier alpha value is -2.86. The predicted octanol–water partition coefficient (Wildman–Crippen LogP) is 3.74. The van der Waals surface area contributed by atoms with E-state index in [1.54, 1.807) is 11.2 Å². The zero-order valence-corrected chi connectivity index (χ0v) is 15.8. The fraction of sp³-hybridized carbons (Fsp3) is 0.333. The molecule has 1 aromatic carbocycles. The van der Waals surface area contributed by atoms with Gasteiger partial charge in [-0.2, -0.15) is 0 Å². The highest BCUT2D eigenvalue weighted by molar-refractivity contribution is 5.97. The predicted molar refractivity (Wildman–Crippen MR) is 106 cm³/mol. The number of nitrogens with zero attached hydrogens (tertiary/aromatic N) is 2. The van der Waals surface area contributed by atoms with Crippen LogP contribution in [0, 0.1) is 0 Å². The Bertz CT molecular complexity index is 882. The molecule has 0 unspecified atom stereocenters.